The third kappa shape index (κ3) is 2.91. The molecule has 0 spiro atoms. The molecule has 0 heterocycles. The van der Waals surface area contributed by atoms with E-state index in [9.17, 15) is 4.79 Å². The lowest BCUT2D eigenvalue weighted by atomic mass is 9.64. The average Bonchev–Trinajstić information content (AvgIpc) is 2.28. The van der Waals surface area contributed by atoms with Gasteiger partial charge in [-0.1, -0.05) is 36.8 Å². The maximum absolute atomic E-state index is 11.7. The standard InChI is InChI=1S/C15H22N2O/c1-17(2)11-14(18)16-12-15(9-6-10-15)13-7-4-3-5-8-13/h3-5,7-8H,6,9-12H2,1-2H3,(H,16,18). The Morgan fingerprint density at radius 2 is 1.94 bits per heavy atom. The van der Waals surface area contributed by atoms with Crippen LogP contribution in [0, 0.1) is 0 Å². The number of rotatable bonds is 5. The predicted molar refractivity (Wildman–Crippen MR) is 73.5 cm³/mol. The van der Waals surface area contributed by atoms with Crippen molar-refractivity contribution in [1.29, 1.82) is 0 Å². The van der Waals surface area contributed by atoms with Gasteiger partial charge in [-0.15, -0.1) is 0 Å². The maximum atomic E-state index is 11.7. The summed E-state index contributed by atoms with van der Waals surface area (Å²) in [4.78, 5) is 13.6. The summed E-state index contributed by atoms with van der Waals surface area (Å²) in [6.07, 6.45) is 3.62. The molecule has 0 aromatic heterocycles. The van der Waals surface area contributed by atoms with E-state index in [-0.39, 0.29) is 11.3 Å². The minimum absolute atomic E-state index is 0.113. The van der Waals surface area contributed by atoms with Crippen molar-refractivity contribution in [2.45, 2.75) is 24.7 Å². The lowest BCUT2D eigenvalue weighted by molar-refractivity contribution is -0.122. The first-order chi connectivity index (χ1) is 8.62. The molecule has 0 saturated heterocycles. The molecule has 98 valence electrons. The van der Waals surface area contributed by atoms with Gasteiger partial charge in [0.2, 0.25) is 5.91 Å². The zero-order valence-electron chi connectivity index (χ0n) is 11.3. The first-order valence-corrected chi connectivity index (χ1v) is 6.59. The molecule has 1 aliphatic rings. The van der Waals surface area contributed by atoms with Gasteiger partial charge in [-0.2, -0.15) is 0 Å². The number of hydrogen-bond donors (Lipinski definition) is 1. The molecule has 18 heavy (non-hydrogen) atoms. The Morgan fingerprint density at radius 1 is 1.28 bits per heavy atom. The van der Waals surface area contributed by atoms with Crippen molar-refractivity contribution < 1.29 is 4.79 Å². The molecule has 1 amide bonds. The third-order valence-electron chi connectivity index (χ3n) is 3.78. The van der Waals surface area contributed by atoms with Gasteiger partial charge in [0.1, 0.15) is 0 Å². The minimum Gasteiger partial charge on any atom is -0.354 e. The van der Waals surface area contributed by atoms with Gasteiger partial charge in [-0.3, -0.25) is 4.79 Å². The van der Waals surface area contributed by atoms with E-state index >= 15 is 0 Å². The topological polar surface area (TPSA) is 32.3 Å². The van der Waals surface area contributed by atoms with Gasteiger partial charge in [-0.25, -0.2) is 0 Å². The SMILES string of the molecule is CN(C)CC(=O)NCC1(c2ccccc2)CCC1. The van der Waals surface area contributed by atoms with Crippen LogP contribution in [0.1, 0.15) is 24.8 Å². The molecule has 1 saturated carbocycles. The van der Waals surface area contributed by atoms with E-state index in [1.165, 1.54) is 24.8 Å². The summed E-state index contributed by atoms with van der Waals surface area (Å²) >= 11 is 0. The van der Waals surface area contributed by atoms with Crippen LogP contribution in [0.3, 0.4) is 0 Å². The van der Waals surface area contributed by atoms with Crippen LogP contribution in [0.5, 0.6) is 0 Å². The van der Waals surface area contributed by atoms with Crippen LogP contribution in [0.25, 0.3) is 0 Å². The fourth-order valence-electron chi connectivity index (χ4n) is 2.57. The highest BCUT2D eigenvalue weighted by atomic mass is 16.2. The van der Waals surface area contributed by atoms with Gasteiger partial charge < -0.3 is 10.2 Å². The van der Waals surface area contributed by atoms with E-state index in [2.05, 4.69) is 29.6 Å². The summed E-state index contributed by atoms with van der Waals surface area (Å²) in [5, 5.41) is 3.07. The summed E-state index contributed by atoms with van der Waals surface area (Å²) in [6, 6.07) is 10.6. The summed E-state index contributed by atoms with van der Waals surface area (Å²) in [6.45, 7) is 1.23. The van der Waals surface area contributed by atoms with Crippen LogP contribution in [0.2, 0.25) is 0 Å². The second-order valence-electron chi connectivity index (χ2n) is 5.51. The van der Waals surface area contributed by atoms with Crippen molar-refractivity contribution in [2.75, 3.05) is 27.2 Å². The van der Waals surface area contributed by atoms with Crippen molar-refractivity contribution in [2.24, 2.45) is 0 Å². The van der Waals surface area contributed by atoms with Crippen LogP contribution < -0.4 is 5.32 Å². The van der Waals surface area contributed by atoms with E-state index in [1.54, 1.807) is 0 Å². The van der Waals surface area contributed by atoms with Gasteiger partial charge in [0.15, 0.2) is 0 Å². The molecule has 0 radical (unpaired) electrons. The zero-order chi connectivity index (χ0) is 13.0. The number of benzene rings is 1. The third-order valence-corrected chi connectivity index (χ3v) is 3.78. The lowest BCUT2D eigenvalue weighted by Crippen LogP contribution is -2.47. The molecule has 1 aliphatic carbocycles. The number of carbonyl (C=O) groups is 1. The highest BCUT2D eigenvalue weighted by Gasteiger charge is 2.38. The number of amides is 1. The second kappa shape index (κ2) is 5.53. The van der Waals surface area contributed by atoms with Gasteiger partial charge in [0.05, 0.1) is 6.54 Å². The Morgan fingerprint density at radius 3 is 2.44 bits per heavy atom. The fraction of sp³-hybridized carbons (Fsp3) is 0.533. The minimum atomic E-state index is 0.113. The summed E-state index contributed by atoms with van der Waals surface area (Å²) in [5.41, 5.74) is 1.55. The molecular formula is C15H22N2O. The normalized spacial score (nSPS) is 17.3. The molecule has 1 aromatic carbocycles. The van der Waals surface area contributed by atoms with Gasteiger partial charge in [0.25, 0.3) is 0 Å². The summed E-state index contributed by atoms with van der Waals surface area (Å²) < 4.78 is 0. The van der Waals surface area contributed by atoms with Gasteiger partial charge in [-0.05, 0) is 32.5 Å². The number of hydrogen-bond acceptors (Lipinski definition) is 2. The Balaban J connectivity index is 1.96. The van der Waals surface area contributed by atoms with Crippen LogP contribution in [0.15, 0.2) is 30.3 Å². The Labute approximate surface area is 109 Å². The van der Waals surface area contributed by atoms with Gasteiger partial charge in [0, 0.05) is 12.0 Å². The van der Waals surface area contributed by atoms with Gasteiger partial charge >= 0.3 is 0 Å². The molecule has 0 bridgehead atoms. The molecule has 0 atom stereocenters. The van der Waals surface area contributed by atoms with Crippen molar-refractivity contribution >= 4 is 5.91 Å². The molecule has 1 fully saturated rings. The van der Waals surface area contributed by atoms with Crippen LogP contribution in [-0.2, 0) is 10.2 Å². The number of nitrogens with zero attached hydrogens (tertiary/aromatic N) is 1. The fourth-order valence-corrected chi connectivity index (χ4v) is 2.57. The van der Waals surface area contributed by atoms with Crippen molar-refractivity contribution in [3.63, 3.8) is 0 Å². The van der Waals surface area contributed by atoms with Crippen LogP contribution in [0.4, 0.5) is 0 Å². The molecular weight excluding hydrogens is 224 g/mol. The van der Waals surface area contributed by atoms with E-state index in [0.717, 1.165) is 6.54 Å². The Kier molecular flexibility index (Phi) is 4.02. The summed E-state index contributed by atoms with van der Waals surface area (Å²) in [5.74, 6) is 0.113. The molecule has 1 N–H and O–H groups in total. The smallest absolute Gasteiger partial charge is 0.234 e. The van der Waals surface area contributed by atoms with Crippen molar-refractivity contribution in [3.05, 3.63) is 35.9 Å². The van der Waals surface area contributed by atoms with Crippen molar-refractivity contribution in [1.82, 2.24) is 10.2 Å². The number of likely N-dealkylation sites (N-methyl/N-ethyl adjacent to an activating group) is 1. The maximum Gasteiger partial charge on any atom is 0.234 e. The Hall–Kier alpha value is -1.35. The highest BCUT2D eigenvalue weighted by molar-refractivity contribution is 5.78. The number of nitrogens with one attached hydrogen (secondary N) is 1. The molecule has 1 aromatic rings. The van der Waals surface area contributed by atoms with Crippen LogP contribution in [-0.4, -0.2) is 38.0 Å². The molecule has 2 rings (SSSR count). The average molecular weight is 246 g/mol. The number of carbonyl (C=O) groups excluding carboxylic acids is 1. The van der Waals surface area contributed by atoms with Crippen molar-refractivity contribution in [3.8, 4) is 0 Å². The van der Waals surface area contributed by atoms with E-state index in [4.69, 9.17) is 0 Å². The lowest BCUT2D eigenvalue weighted by Gasteiger charge is -2.42. The first-order valence-electron chi connectivity index (χ1n) is 6.59. The van der Waals surface area contributed by atoms with E-state index < -0.39 is 0 Å². The first kappa shape index (κ1) is 13.1. The molecule has 0 unspecified atom stereocenters. The second-order valence-corrected chi connectivity index (χ2v) is 5.51. The van der Waals surface area contributed by atoms with E-state index in [1.807, 2.05) is 25.1 Å². The Bertz CT molecular complexity index is 396. The quantitative estimate of drug-likeness (QED) is 0.859. The largest absolute Gasteiger partial charge is 0.354 e. The predicted octanol–water partition coefficient (Wildman–Crippen LogP) is 1.79. The van der Waals surface area contributed by atoms with E-state index in [0.29, 0.717) is 6.54 Å². The highest BCUT2D eigenvalue weighted by Crippen LogP contribution is 2.43. The molecule has 0 aliphatic heterocycles. The zero-order valence-corrected chi connectivity index (χ0v) is 11.3. The molecule has 3 nitrogen and oxygen atoms in total. The van der Waals surface area contributed by atoms with Crippen LogP contribution >= 0.6 is 0 Å². The monoisotopic (exact) mass is 246 g/mol. The molecule has 3 heteroatoms. The summed E-state index contributed by atoms with van der Waals surface area (Å²) in [7, 11) is 3.83.